The molecule has 0 aliphatic rings. The van der Waals surface area contributed by atoms with Crippen LogP contribution in [-0.4, -0.2) is 5.11 Å². The highest BCUT2D eigenvalue weighted by Crippen LogP contribution is 2.40. The van der Waals surface area contributed by atoms with Gasteiger partial charge in [0.05, 0.1) is 0 Å². The Hall–Kier alpha value is -1.96. The predicted molar refractivity (Wildman–Crippen MR) is 85.1 cm³/mol. The van der Waals surface area contributed by atoms with Crippen LogP contribution in [0.5, 0.6) is 5.75 Å². The van der Waals surface area contributed by atoms with Gasteiger partial charge < -0.3 is 10.8 Å². The Kier molecular flexibility index (Phi) is 4.03. The van der Waals surface area contributed by atoms with Crippen molar-refractivity contribution < 1.29 is 5.11 Å². The fourth-order valence-corrected chi connectivity index (χ4v) is 2.99. The number of phenols is 1. The molecule has 0 heterocycles. The van der Waals surface area contributed by atoms with Crippen molar-refractivity contribution in [3.8, 4) is 5.75 Å². The molecule has 0 aromatic heterocycles. The van der Waals surface area contributed by atoms with Gasteiger partial charge in [-0.1, -0.05) is 38.1 Å². The number of aromatic hydroxyl groups is 1. The van der Waals surface area contributed by atoms with Crippen molar-refractivity contribution in [2.45, 2.75) is 39.0 Å². The smallest absolute Gasteiger partial charge is 0.118 e. The lowest BCUT2D eigenvalue weighted by molar-refractivity contribution is 0.462. The number of aryl methyl sites for hydroxylation is 1. The van der Waals surface area contributed by atoms with Crippen molar-refractivity contribution in [3.05, 3.63) is 59.2 Å². The van der Waals surface area contributed by atoms with Gasteiger partial charge in [0.1, 0.15) is 5.75 Å². The van der Waals surface area contributed by atoms with Gasteiger partial charge in [0.25, 0.3) is 0 Å². The summed E-state index contributed by atoms with van der Waals surface area (Å²) in [6.45, 7) is 6.36. The van der Waals surface area contributed by atoms with Crippen molar-refractivity contribution in [1.82, 2.24) is 0 Å². The number of nitrogens with two attached hydrogens (primary N) is 1. The van der Waals surface area contributed by atoms with Gasteiger partial charge in [-0.3, -0.25) is 0 Å². The highest BCUT2D eigenvalue weighted by Gasteiger charge is 2.30. The van der Waals surface area contributed by atoms with E-state index >= 15 is 0 Å². The van der Waals surface area contributed by atoms with Gasteiger partial charge in [0, 0.05) is 11.1 Å². The second-order valence-corrected chi connectivity index (χ2v) is 5.41. The van der Waals surface area contributed by atoms with Crippen LogP contribution in [-0.2, 0) is 5.41 Å². The molecule has 0 unspecified atom stereocenters. The quantitative estimate of drug-likeness (QED) is 0.809. The summed E-state index contributed by atoms with van der Waals surface area (Å²) >= 11 is 0. The van der Waals surface area contributed by atoms with Crippen LogP contribution in [0.2, 0.25) is 0 Å². The molecule has 2 aromatic carbocycles. The Morgan fingerprint density at radius 1 is 0.950 bits per heavy atom. The summed E-state index contributed by atoms with van der Waals surface area (Å²) in [5, 5.41) is 9.75. The van der Waals surface area contributed by atoms with Crippen molar-refractivity contribution in [3.63, 3.8) is 0 Å². The number of hydrogen-bond acceptors (Lipinski definition) is 2. The SMILES string of the molecule is CCC(CC)(c1ccc(N)cc1)c1ccc(O)c(C)c1. The predicted octanol–water partition coefficient (Wildman–Crippen LogP) is 4.39. The van der Waals surface area contributed by atoms with Crippen LogP contribution in [0.1, 0.15) is 43.4 Å². The second kappa shape index (κ2) is 5.58. The minimum Gasteiger partial charge on any atom is -0.508 e. The van der Waals surface area contributed by atoms with Gasteiger partial charge in [-0.15, -0.1) is 0 Å². The zero-order chi connectivity index (χ0) is 14.8. The van der Waals surface area contributed by atoms with E-state index < -0.39 is 0 Å². The van der Waals surface area contributed by atoms with E-state index in [1.165, 1.54) is 11.1 Å². The molecule has 2 heteroatoms. The summed E-state index contributed by atoms with van der Waals surface area (Å²) in [6.07, 6.45) is 2.02. The molecule has 0 atom stereocenters. The number of hydrogen-bond donors (Lipinski definition) is 2. The Morgan fingerprint density at radius 3 is 2.00 bits per heavy atom. The molecule has 0 fully saturated rings. The number of anilines is 1. The number of rotatable bonds is 4. The highest BCUT2D eigenvalue weighted by molar-refractivity contribution is 5.48. The summed E-state index contributed by atoms with van der Waals surface area (Å²) < 4.78 is 0. The highest BCUT2D eigenvalue weighted by atomic mass is 16.3. The molecule has 3 N–H and O–H groups in total. The van der Waals surface area contributed by atoms with Gasteiger partial charge in [-0.25, -0.2) is 0 Å². The van der Waals surface area contributed by atoms with Crippen molar-refractivity contribution >= 4 is 5.69 Å². The Balaban J connectivity index is 2.58. The summed E-state index contributed by atoms with van der Waals surface area (Å²) in [4.78, 5) is 0. The lowest BCUT2D eigenvalue weighted by Crippen LogP contribution is -2.26. The second-order valence-electron chi connectivity index (χ2n) is 5.41. The zero-order valence-corrected chi connectivity index (χ0v) is 12.5. The molecule has 2 aromatic rings. The fourth-order valence-electron chi connectivity index (χ4n) is 2.99. The summed E-state index contributed by atoms with van der Waals surface area (Å²) in [6, 6.07) is 14.1. The van der Waals surface area contributed by atoms with Gasteiger partial charge in [-0.05, 0) is 54.7 Å². The average molecular weight is 269 g/mol. The van der Waals surface area contributed by atoms with Gasteiger partial charge >= 0.3 is 0 Å². The molecule has 0 bridgehead atoms. The third-order valence-corrected chi connectivity index (χ3v) is 4.42. The minimum atomic E-state index is -0.0217. The summed E-state index contributed by atoms with van der Waals surface area (Å²) in [5.41, 5.74) is 10.0. The molecule has 0 radical (unpaired) electrons. The van der Waals surface area contributed by atoms with Crippen LogP contribution in [0, 0.1) is 6.92 Å². The van der Waals surface area contributed by atoms with E-state index in [1.807, 2.05) is 25.1 Å². The van der Waals surface area contributed by atoms with E-state index in [1.54, 1.807) is 6.07 Å². The number of nitrogen functional groups attached to an aromatic ring is 1. The van der Waals surface area contributed by atoms with Crippen LogP contribution < -0.4 is 5.73 Å². The average Bonchev–Trinajstić information content (AvgIpc) is 2.46. The van der Waals surface area contributed by atoms with E-state index in [0.29, 0.717) is 5.75 Å². The van der Waals surface area contributed by atoms with E-state index in [0.717, 1.165) is 24.1 Å². The summed E-state index contributed by atoms with van der Waals surface area (Å²) in [5.74, 6) is 0.354. The van der Waals surface area contributed by atoms with E-state index in [4.69, 9.17) is 5.73 Å². The van der Waals surface area contributed by atoms with Crippen molar-refractivity contribution in [2.75, 3.05) is 5.73 Å². The molecule has 0 spiro atoms. The topological polar surface area (TPSA) is 46.2 Å². The maximum absolute atomic E-state index is 9.75. The van der Waals surface area contributed by atoms with Gasteiger partial charge in [0.15, 0.2) is 0 Å². The lowest BCUT2D eigenvalue weighted by atomic mass is 9.70. The maximum Gasteiger partial charge on any atom is 0.118 e. The Labute approximate surface area is 121 Å². The molecule has 0 amide bonds. The Bertz CT molecular complexity index is 583. The van der Waals surface area contributed by atoms with Crippen LogP contribution in [0.3, 0.4) is 0 Å². The molecule has 0 aliphatic carbocycles. The normalized spacial score (nSPS) is 11.6. The first-order valence-electron chi connectivity index (χ1n) is 7.19. The molecular formula is C18H23NO. The molecule has 0 saturated carbocycles. The molecule has 20 heavy (non-hydrogen) atoms. The van der Waals surface area contributed by atoms with Crippen LogP contribution in [0.15, 0.2) is 42.5 Å². The summed E-state index contributed by atoms with van der Waals surface area (Å²) in [7, 11) is 0. The van der Waals surface area contributed by atoms with Gasteiger partial charge in [0.2, 0.25) is 0 Å². The third kappa shape index (κ3) is 2.38. The van der Waals surface area contributed by atoms with Crippen molar-refractivity contribution in [1.29, 1.82) is 0 Å². The van der Waals surface area contributed by atoms with Gasteiger partial charge in [-0.2, -0.15) is 0 Å². The van der Waals surface area contributed by atoms with E-state index in [-0.39, 0.29) is 5.41 Å². The monoisotopic (exact) mass is 269 g/mol. The lowest BCUT2D eigenvalue weighted by Gasteiger charge is -2.33. The maximum atomic E-state index is 9.75. The van der Waals surface area contributed by atoms with E-state index in [9.17, 15) is 5.11 Å². The van der Waals surface area contributed by atoms with Crippen LogP contribution in [0.4, 0.5) is 5.69 Å². The molecule has 0 aliphatic heterocycles. The van der Waals surface area contributed by atoms with E-state index in [2.05, 4.69) is 32.0 Å². The van der Waals surface area contributed by atoms with Crippen molar-refractivity contribution in [2.24, 2.45) is 0 Å². The fraction of sp³-hybridized carbons (Fsp3) is 0.333. The number of phenolic OH excluding ortho intramolecular Hbond substituents is 1. The first-order chi connectivity index (χ1) is 9.53. The third-order valence-electron chi connectivity index (χ3n) is 4.42. The number of benzene rings is 2. The van der Waals surface area contributed by atoms with Crippen LogP contribution in [0.25, 0.3) is 0 Å². The first-order valence-corrected chi connectivity index (χ1v) is 7.19. The molecule has 0 saturated heterocycles. The first kappa shape index (κ1) is 14.4. The minimum absolute atomic E-state index is 0.0217. The Morgan fingerprint density at radius 2 is 1.50 bits per heavy atom. The largest absolute Gasteiger partial charge is 0.508 e. The zero-order valence-electron chi connectivity index (χ0n) is 12.5. The standard InChI is InChI=1S/C18H23NO/c1-4-18(5-2,14-6-9-16(19)10-7-14)15-8-11-17(20)13(3)12-15/h6-12,20H,4-5,19H2,1-3H3. The molecule has 2 nitrogen and oxygen atoms in total. The molecular weight excluding hydrogens is 246 g/mol. The molecule has 106 valence electrons. The van der Waals surface area contributed by atoms with Crippen LogP contribution >= 0.6 is 0 Å². The molecule has 2 rings (SSSR count).